The fraction of sp³-hybridized carbons (Fsp3) is 0.267. The molecule has 0 aliphatic carbocycles. The molecule has 3 rings (SSSR count). The summed E-state index contributed by atoms with van der Waals surface area (Å²) in [6, 6.07) is 7.89. The van der Waals surface area contributed by atoms with E-state index in [1.54, 1.807) is 6.20 Å². The van der Waals surface area contributed by atoms with E-state index < -0.39 is 0 Å². The van der Waals surface area contributed by atoms with Gasteiger partial charge >= 0.3 is 0 Å². The maximum Gasteiger partial charge on any atom is 0.219 e. The molecule has 0 aliphatic rings. The zero-order valence-electron chi connectivity index (χ0n) is 11.4. The number of amides is 1. The molecule has 0 saturated carbocycles. The Morgan fingerprint density at radius 3 is 2.86 bits per heavy atom. The molecule has 21 heavy (non-hydrogen) atoms. The summed E-state index contributed by atoms with van der Waals surface area (Å²) in [5.41, 5.74) is 7.99. The summed E-state index contributed by atoms with van der Waals surface area (Å²) in [5.74, 6) is 1.01. The van der Waals surface area contributed by atoms with Crippen molar-refractivity contribution >= 4 is 39.4 Å². The van der Waals surface area contributed by atoms with Crippen molar-refractivity contribution in [2.75, 3.05) is 5.88 Å². The second-order valence-electron chi connectivity index (χ2n) is 4.84. The first-order chi connectivity index (χ1) is 10.2. The van der Waals surface area contributed by atoms with Gasteiger partial charge in [0, 0.05) is 30.7 Å². The van der Waals surface area contributed by atoms with Crippen LogP contribution in [0.4, 0.5) is 0 Å². The number of aromatic nitrogens is 3. The van der Waals surface area contributed by atoms with Gasteiger partial charge in [-0.15, -0.1) is 11.6 Å². The highest BCUT2D eigenvalue weighted by atomic mass is 35.5. The van der Waals surface area contributed by atoms with Crippen LogP contribution in [0.25, 0.3) is 21.9 Å². The molecule has 0 fully saturated rings. The number of hydrogen-bond donors (Lipinski definition) is 1. The number of aryl methyl sites for hydroxylation is 2. The molecule has 0 unspecified atom stereocenters. The fourth-order valence-corrected chi connectivity index (χ4v) is 2.72. The maximum atomic E-state index is 11.1. The molecule has 0 atom stereocenters. The monoisotopic (exact) mass is 302 g/mol. The minimum Gasteiger partial charge on any atom is -0.370 e. The number of halogens is 1. The number of alkyl halides is 1. The number of rotatable bonds is 5. The molecule has 0 saturated heterocycles. The Labute approximate surface area is 126 Å². The normalized spacial score (nSPS) is 11.3. The van der Waals surface area contributed by atoms with Gasteiger partial charge in [0.25, 0.3) is 0 Å². The van der Waals surface area contributed by atoms with E-state index in [-0.39, 0.29) is 12.3 Å². The van der Waals surface area contributed by atoms with E-state index in [9.17, 15) is 4.79 Å². The van der Waals surface area contributed by atoms with Crippen molar-refractivity contribution in [2.24, 2.45) is 5.73 Å². The molecule has 2 aromatic heterocycles. The van der Waals surface area contributed by atoms with Crippen molar-refractivity contribution in [3.05, 3.63) is 36.3 Å². The predicted octanol–water partition coefficient (Wildman–Crippen LogP) is 2.24. The third-order valence-corrected chi connectivity index (χ3v) is 3.65. The summed E-state index contributed by atoms with van der Waals surface area (Å²) in [6.45, 7) is 0.506. The highest BCUT2D eigenvalue weighted by Crippen LogP contribution is 2.25. The van der Waals surface area contributed by atoms with Crippen LogP contribution >= 0.6 is 11.6 Å². The van der Waals surface area contributed by atoms with Gasteiger partial charge in [-0.25, -0.2) is 4.98 Å². The number of pyridine rings is 1. The second-order valence-corrected chi connectivity index (χ2v) is 5.22. The second kappa shape index (κ2) is 5.69. The molecule has 0 bridgehead atoms. The van der Waals surface area contributed by atoms with E-state index in [4.69, 9.17) is 17.3 Å². The average Bonchev–Trinajstić information content (AvgIpc) is 2.83. The zero-order chi connectivity index (χ0) is 14.8. The van der Waals surface area contributed by atoms with Gasteiger partial charge in [-0.2, -0.15) is 0 Å². The van der Waals surface area contributed by atoms with E-state index in [0.717, 1.165) is 27.8 Å². The SMILES string of the molecule is NC(=O)CCn1c(CCCl)nc2cnc3ccccc3c21. The molecule has 2 heterocycles. The molecular weight excluding hydrogens is 288 g/mol. The van der Waals surface area contributed by atoms with Crippen molar-refractivity contribution in [3.8, 4) is 0 Å². The van der Waals surface area contributed by atoms with Crippen LogP contribution in [0.5, 0.6) is 0 Å². The van der Waals surface area contributed by atoms with Gasteiger partial charge < -0.3 is 10.3 Å². The van der Waals surface area contributed by atoms with Crippen LogP contribution < -0.4 is 5.73 Å². The molecule has 0 aliphatic heterocycles. The molecule has 5 nitrogen and oxygen atoms in total. The van der Waals surface area contributed by atoms with Crippen LogP contribution in [-0.4, -0.2) is 26.3 Å². The van der Waals surface area contributed by atoms with Crippen molar-refractivity contribution in [1.29, 1.82) is 0 Å². The van der Waals surface area contributed by atoms with E-state index >= 15 is 0 Å². The number of primary amides is 1. The number of para-hydroxylation sites is 1. The van der Waals surface area contributed by atoms with Crippen LogP contribution in [0.15, 0.2) is 30.5 Å². The molecule has 6 heteroatoms. The van der Waals surface area contributed by atoms with Crippen molar-refractivity contribution in [1.82, 2.24) is 14.5 Å². The lowest BCUT2D eigenvalue weighted by Crippen LogP contribution is -2.15. The van der Waals surface area contributed by atoms with Gasteiger partial charge in [0.2, 0.25) is 5.91 Å². The Morgan fingerprint density at radius 1 is 1.29 bits per heavy atom. The summed E-state index contributed by atoms with van der Waals surface area (Å²) < 4.78 is 2.03. The first-order valence-electron chi connectivity index (χ1n) is 6.78. The predicted molar refractivity (Wildman–Crippen MR) is 83.3 cm³/mol. The van der Waals surface area contributed by atoms with Crippen LogP contribution in [-0.2, 0) is 17.8 Å². The molecule has 1 aromatic carbocycles. The summed E-state index contributed by atoms with van der Waals surface area (Å²) >= 11 is 5.86. The number of benzene rings is 1. The fourth-order valence-electron chi connectivity index (χ4n) is 2.55. The summed E-state index contributed by atoms with van der Waals surface area (Å²) in [7, 11) is 0. The number of imidazole rings is 1. The largest absolute Gasteiger partial charge is 0.370 e. The Kier molecular flexibility index (Phi) is 3.75. The number of nitrogens with zero attached hydrogens (tertiary/aromatic N) is 3. The number of fused-ring (bicyclic) bond motifs is 3. The van der Waals surface area contributed by atoms with Crippen molar-refractivity contribution in [2.45, 2.75) is 19.4 Å². The zero-order valence-corrected chi connectivity index (χ0v) is 12.2. The first kappa shape index (κ1) is 13.8. The van der Waals surface area contributed by atoms with E-state index in [0.29, 0.717) is 18.8 Å². The third kappa shape index (κ3) is 2.56. The van der Waals surface area contributed by atoms with E-state index in [2.05, 4.69) is 9.97 Å². The van der Waals surface area contributed by atoms with E-state index in [1.165, 1.54) is 0 Å². The number of carbonyl (C=O) groups excluding carboxylic acids is 1. The minimum atomic E-state index is -0.327. The van der Waals surface area contributed by atoms with Gasteiger partial charge in [-0.05, 0) is 6.07 Å². The summed E-state index contributed by atoms with van der Waals surface area (Å²) in [4.78, 5) is 20.1. The van der Waals surface area contributed by atoms with Gasteiger partial charge in [0.05, 0.1) is 17.2 Å². The Bertz CT molecular complexity index is 812. The number of nitrogens with two attached hydrogens (primary N) is 1. The van der Waals surface area contributed by atoms with Crippen LogP contribution in [0.2, 0.25) is 0 Å². The molecule has 0 spiro atoms. The lowest BCUT2D eigenvalue weighted by Gasteiger charge is -2.08. The average molecular weight is 303 g/mol. The third-order valence-electron chi connectivity index (χ3n) is 3.46. The molecular formula is C15H15ClN4O. The van der Waals surface area contributed by atoms with Gasteiger partial charge in [-0.1, -0.05) is 18.2 Å². The highest BCUT2D eigenvalue weighted by molar-refractivity contribution is 6.18. The topological polar surface area (TPSA) is 73.8 Å². The van der Waals surface area contributed by atoms with Gasteiger partial charge in [0.1, 0.15) is 11.3 Å². The minimum absolute atomic E-state index is 0.275. The maximum absolute atomic E-state index is 11.1. The smallest absolute Gasteiger partial charge is 0.219 e. The Hall–Kier alpha value is -2.14. The number of carbonyl (C=O) groups is 1. The Morgan fingerprint density at radius 2 is 2.10 bits per heavy atom. The Balaban J connectivity index is 2.24. The van der Waals surface area contributed by atoms with Gasteiger partial charge in [0.15, 0.2) is 0 Å². The first-order valence-corrected chi connectivity index (χ1v) is 7.31. The molecule has 0 radical (unpaired) electrons. The summed E-state index contributed by atoms with van der Waals surface area (Å²) in [5, 5.41) is 1.02. The van der Waals surface area contributed by atoms with Crippen LogP contribution in [0, 0.1) is 0 Å². The van der Waals surface area contributed by atoms with Crippen LogP contribution in [0.3, 0.4) is 0 Å². The van der Waals surface area contributed by atoms with Crippen molar-refractivity contribution in [3.63, 3.8) is 0 Å². The van der Waals surface area contributed by atoms with E-state index in [1.807, 2.05) is 28.8 Å². The highest BCUT2D eigenvalue weighted by Gasteiger charge is 2.14. The summed E-state index contributed by atoms with van der Waals surface area (Å²) in [6.07, 6.45) is 2.68. The quantitative estimate of drug-likeness (QED) is 0.735. The standard InChI is InChI=1S/C15H15ClN4O/c16-7-5-14-19-12-9-18-11-4-2-1-3-10(11)15(12)20(14)8-6-13(17)21/h1-4,9H,5-8H2,(H2,17,21). The molecule has 2 N–H and O–H groups in total. The van der Waals surface area contributed by atoms with Crippen LogP contribution in [0.1, 0.15) is 12.2 Å². The molecule has 1 amide bonds. The van der Waals surface area contributed by atoms with Crippen molar-refractivity contribution < 1.29 is 4.79 Å². The molecule has 108 valence electrons. The molecule has 3 aromatic rings. The lowest BCUT2D eigenvalue weighted by molar-refractivity contribution is -0.118. The van der Waals surface area contributed by atoms with Gasteiger partial charge in [-0.3, -0.25) is 9.78 Å². The number of hydrogen-bond acceptors (Lipinski definition) is 3. The lowest BCUT2D eigenvalue weighted by atomic mass is 10.2.